The van der Waals surface area contributed by atoms with Gasteiger partial charge in [-0.15, -0.1) is 0 Å². The highest BCUT2D eigenvalue weighted by Gasteiger charge is 2.15. The van der Waals surface area contributed by atoms with E-state index in [9.17, 15) is 5.11 Å². The Kier molecular flexibility index (Phi) is 5.55. The van der Waals surface area contributed by atoms with Gasteiger partial charge in [0.1, 0.15) is 5.75 Å². The number of imidazole rings is 1. The highest BCUT2D eigenvalue weighted by atomic mass is 16.5. The van der Waals surface area contributed by atoms with Crippen LogP contribution in [0, 0.1) is 13.8 Å². The molecular formula is C27H27N5O2. The lowest BCUT2D eigenvalue weighted by Gasteiger charge is -2.12. The van der Waals surface area contributed by atoms with Crippen LogP contribution in [0.5, 0.6) is 5.75 Å². The van der Waals surface area contributed by atoms with E-state index < -0.39 is 0 Å². The summed E-state index contributed by atoms with van der Waals surface area (Å²) in [6.07, 6.45) is 3.99. The Labute approximate surface area is 198 Å². The number of hydrogen-bond donors (Lipinski definition) is 2. The maximum atomic E-state index is 10.1. The Morgan fingerprint density at radius 2 is 1.88 bits per heavy atom. The van der Waals surface area contributed by atoms with Crippen LogP contribution in [-0.4, -0.2) is 31.4 Å². The van der Waals surface area contributed by atoms with E-state index in [0.717, 1.165) is 62.1 Å². The van der Waals surface area contributed by atoms with Crippen LogP contribution in [0.4, 0.5) is 11.4 Å². The first-order valence-corrected chi connectivity index (χ1v) is 11.1. The molecule has 0 fully saturated rings. The second-order valence-electron chi connectivity index (χ2n) is 8.35. The van der Waals surface area contributed by atoms with Gasteiger partial charge in [-0.3, -0.25) is 4.68 Å². The summed E-state index contributed by atoms with van der Waals surface area (Å²) in [5, 5.41) is 18.0. The van der Waals surface area contributed by atoms with E-state index in [4.69, 9.17) is 9.72 Å². The van der Waals surface area contributed by atoms with Crippen molar-refractivity contribution in [3.8, 4) is 28.1 Å². The largest absolute Gasteiger partial charge is 0.497 e. The molecule has 2 aromatic carbocycles. The fourth-order valence-corrected chi connectivity index (χ4v) is 4.41. The minimum absolute atomic E-state index is 0.0636. The Morgan fingerprint density at radius 1 is 1.03 bits per heavy atom. The van der Waals surface area contributed by atoms with Crippen molar-refractivity contribution in [2.45, 2.75) is 20.5 Å². The number of ether oxygens (including phenoxy) is 1. The van der Waals surface area contributed by atoms with Gasteiger partial charge in [0.15, 0.2) is 5.65 Å². The molecule has 5 rings (SSSR count). The first-order valence-electron chi connectivity index (χ1n) is 11.1. The second kappa shape index (κ2) is 8.68. The molecule has 0 bridgehead atoms. The summed E-state index contributed by atoms with van der Waals surface area (Å²) in [5.41, 5.74) is 9.32. The van der Waals surface area contributed by atoms with E-state index in [1.807, 2.05) is 81.0 Å². The Bertz CT molecular complexity index is 1500. The molecule has 0 spiro atoms. The number of aliphatic hydroxyl groups excluding tert-OH is 1. The smallest absolute Gasteiger partial charge is 0.161 e. The first kappa shape index (κ1) is 21.7. The van der Waals surface area contributed by atoms with Gasteiger partial charge in [-0.2, -0.15) is 5.10 Å². The maximum absolute atomic E-state index is 10.1. The van der Waals surface area contributed by atoms with Crippen LogP contribution in [0.2, 0.25) is 0 Å². The number of fused-ring (bicyclic) bond motifs is 1. The van der Waals surface area contributed by atoms with Crippen molar-refractivity contribution in [1.29, 1.82) is 0 Å². The summed E-state index contributed by atoms with van der Waals surface area (Å²) in [4.78, 5) is 4.96. The molecule has 7 heteroatoms. The number of methoxy groups -OCH3 is 1. The molecule has 0 saturated carbocycles. The SMILES string of the molecule is COc1cccc(-c2nc3c(Nc4ccc(-c5cn(C)nc5C)c(CO)c4)cccn3c2C)c1. The predicted octanol–water partition coefficient (Wildman–Crippen LogP) is 5.26. The summed E-state index contributed by atoms with van der Waals surface area (Å²) >= 11 is 0. The van der Waals surface area contributed by atoms with Crippen molar-refractivity contribution in [3.05, 3.63) is 83.9 Å². The lowest BCUT2D eigenvalue weighted by atomic mass is 10.00. The second-order valence-corrected chi connectivity index (χ2v) is 8.35. The van der Waals surface area contributed by atoms with E-state index in [1.54, 1.807) is 11.8 Å². The molecule has 0 radical (unpaired) electrons. The summed E-state index contributed by atoms with van der Waals surface area (Å²) in [5.74, 6) is 0.799. The Balaban J connectivity index is 1.53. The number of pyridine rings is 1. The molecule has 0 atom stereocenters. The number of hydrogen-bond acceptors (Lipinski definition) is 5. The maximum Gasteiger partial charge on any atom is 0.161 e. The van der Waals surface area contributed by atoms with Crippen LogP contribution in [-0.2, 0) is 13.7 Å². The molecule has 3 aromatic heterocycles. The third kappa shape index (κ3) is 3.80. The number of nitrogens with one attached hydrogen (secondary N) is 1. The van der Waals surface area contributed by atoms with E-state index in [0.29, 0.717) is 0 Å². The van der Waals surface area contributed by atoms with Crippen LogP contribution in [0.3, 0.4) is 0 Å². The number of aliphatic hydroxyl groups is 1. The molecule has 0 aliphatic heterocycles. The Hall–Kier alpha value is -4.10. The number of benzene rings is 2. The van der Waals surface area contributed by atoms with Crippen molar-refractivity contribution >= 4 is 17.0 Å². The van der Waals surface area contributed by atoms with Gasteiger partial charge in [-0.05, 0) is 61.4 Å². The van der Waals surface area contributed by atoms with Gasteiger partial charge in [0.25, 0.3) is 0 Å². The molecule has 2 N–H and O–H groups in total. The first-order chi connectivity index (χ1) is 16.5. The average molecular weight is 454 g/mol. The zero-order valence-corrected chi connectivity index (χ0v) is 19.7. The van der Waals surface area contributed by atoms with Crippen LogP contribution >= 0.6 is 0 Å². The minimum Gasteiger partial charge on any atom is -0.497 e. The number of rotatable bonds is 6. The van der Waals surface area contributed by atoms with E-state index >= 15 is 0 Å². The molecule has 0 aliphatic rings. The quantitative estimate of drug-likeness (QED) is 0.367. The molecule has 7 nitrogen and oxygen atoms in total. The summed E-state index contributed by atoms with van der Waals surface area (Å²) in [7, 11) is 3.57. The lowest BCUT2D eigenvalue weighted by molar-refractivity contribution is 0.282. The average Bonchev–Trinajstić information content (AvgIpc) is 3.37. The third-order valence-corrected chi connectivity index (χ3v) is 6.09. The fourth-order valence-electron chi connectivity index (χ4n) is 4.41. The van der Waals surface area contributed by atoms with Gasteiger partial charge < -0.3 is 19.6 Å². The molecule has 172 valence electrons. The van der Waals surface area contributed by atoms with Crippen LogP contribution < -0.4 is 10.1 Å². The van der Waals surface area contributed by atoms with Gasteiger partial charge in [0.05, 0.1) is 30.8 Å². The molecule has 5 aromatic rings. The van der Waals surface area contributed by atoms with Gasteiger partial charge >= 0.3 is 0 Å². The highest BCUT2D eigenvalue weighted by molar-refractivity contribution is 5.80. The summed E-state index contributed by atoms with van der Waals surface area (Å²) < 4.78 is 9.26. The monoisotopic (exact) mass is 453 g/mol. The standard InChI is InChI=1S/C27H27N5O2/c1-17-24(15-31(3)30-17)23-11-10-21(13-20(23)16-33)28-25-9-6-12-32-18(2)26(29-27(25)32)19-7-5-8-22(14-19)34-4/h5-15,28,33H,16H2,1-4H3. The minimum atomic E-state index is -0.0636. The topological polar surface area (TPSA) is 76.6 Å². The number of nitrogens with zero attached hydrogens (tertiary/aromatic N) is 4. The van der Waals surface area contributed by atoms with E-state index in [2.05, 4.69) is 21.7 Å². The molecule has 0 saturated heterocycles. The van der Waals surface area contributed by atoms with Crippen molar-refractivity contribution < 1.29 is 9.84 Å². The number of aryl methyl sites for hydroxylation is 3. The fraction of sp³-hybridized carbons (Fsp3) is 0.185. The predicted molar refractivity (Wildman–Crippen MR) is 135 cm³/mol. The van der Waals surface area contributed by atoms with Gasteiger partial charge in [-0.1, -0.05) is 18.2 Å². The van der Waals surface area contributed by atoms with Crippen LogP contribution in [0.15, 0.2) is 67.0 Å². The van der Waals surface area contributed by atoms with Gasteiger partial charge in [0.2, 0.25) is 0 Å². The van der Waals surface area contributed by atoms with E-state index in [-0.39, 0.29) is 6.61 Å². The van der Waals surface area contributed by atoms with Crippen molar-refractivity contribution in [3.63, 3.8) is 0 Å². The highest BCUT2D eigenvalue weighted by Crippen LogP contribution is 2.33. The van der Waals surface area contributed by atoms with Gasteiger partial charge in [0, 0.05) is 41.9 Å². The van der Waals surface area contributed by atoms with Crippen LogP contribution in [0.25, 0.3) is 28.0 Å². The lowest BCUT2D eigenvalue weighted by Crippen LogP contribution is -1.98. The molecule has 34 heavy (non-hydrogen) atoms. The molecular weight excluding hydrogens is 426 g/mol. The zero-order valence-electron chi connectivity index (χ0n) is 19.7. The molecule has 0 aliphatic carbocycles. The molecule has 0 unspecified atom stereocenters. The normalized spacial score (nSPS) is 11.2. The zero-order chi connectivity index (χ0) is 23.8. The van der Waals surface area contributed by atoms with E-state index in [1.165, 1.54) is 0 Å². The molecule has 3 heterocycles. The van der Waals surface area contributed by atoms with Crippen molar-refractivity contribution in [2.75, 3.05) is 12.4 Å². The molecule has 0 amide bonds. The van der Waals surface area contributed by atoms with Crippen LogP contribution in [0.1, 0.15) is 17.0 Å². The van der Waals surface area contributed by atoms with Crippen molar-refractivity contribution in [1.82, 2.24) is 19.2 Å². The van der Waals surface area contributed by atoms with Gasteiger partial charge in [-0.25, -0.2) is 4.98 Å². The number of aromatic nitrogens is 4. The van der Waals surface area contributed by atoms with Crippen molar-refractivity contribution in [2.24, 2.45) is 7.05 Å². The summed E-state index contributed by atoms with van der Waals surface area (Å²) in [6.45, 7) is 3.98. The Morgan fingerprint density at radius 3 is 2.62 bits per heavy atom. The summed E-state index contributed by atoms with van der Waals surface area (Å²) in [6, 6.07) is 18.0. The number of anilines is 2. The third-order valence-electron chi connectivity index (χ3n) is 6.09.